The molecule has 5 nitrogen and oxygen atoms in total. The van der Waals surface area contributed by atoms with Crippen LogP contribution in [0.2, 0.25) is 0 Å². The standard InChI is InChI=1S/C7H16N.C2H6O4S/c1-5-7-8(3,4)6-2;1-2-6-7(3,4)5/h5H,1,6-7H2,2-4H3;2H2,1H3,(H,3,4,5)/q+1;/p-1. The first-order chi connectivity index (χ1) is 6.68. The van der Waals surface area contributed by atoms with Crippen LogP contribution in [0, 0.1) is 0 Å². The van der Waals surface area contributed by atoms with Crippen molar-refractivity contribution < 1.29 is 21.6 Å². The predicted molar refractivity (Wildman–Crippen MR) is 59.0 cm³/mol. The van der Waals surface area contributed by atoms with Crippen LogP contribution >= 0.6 is 0 Å². The molecule has 0 aliphatic rings. The van der Waals surface area contributed by atoms with Crippen molar-refractivity contribution in [1.29, 1.82) is 0 Å². The molecule has 0 radical (unpaired) electrons. The summed E-state index contributed by atoms with van der Waals surface area (Å²) < 4.78 is 33.1. The quantitative estimate of drug-likeness (QED) is 0.307. The third kappa shape index (κ3) is 16.3. The highest BCUT2D eigenvalue weighted by molar-refractivity contribution is 7.80. The number of quaternary nitrogens is 1. The zero-order valence-electron chi connectivity index (χ0n) is 9.89. The van der Waals surface area contributed by atoms with Gasteiger partial charge in [0.05, 0.1) is 33.8 Å². The molecule has 92 valence electrons. The van der Waals surface area contributed by atoms with E-state index in [1.807, 2.05) is 6.08 Å². The Balaban J connectivity index is 0. The Morgan fingerprint density at radius 1 is 1.40 bits per heavy atom. The highest BCUT2D eigenvalue weighted by Gasteiger charge is 2.06. The first-order valence-electron chi connectivity index (χ1n) is 4.71. The lowest BCUT2D eigenvalue weighted by molar-refractivity contribution is -0.882. The second kappa shape index (κ2) is 7.81. The average Bonchev–Trinajstić information content (AvgIpc) is 2.03. The lowest BCUT2D eigenvalue weighted by Gasteiger charge is -2.26. The van der Waals surface area contributed by atoms with Crippen LogP contribution in [0.5, 0.6) is 0 Å². The molecule has 0 amide bonds. The summed E-state index contributed by atoms with van der Waals surface area (Å²) in [4.78, 5) is 0. The van der Waals surface area contributed by atoms with Crippen LogP contribution in [-0.2, 0) is 14.6 Å². The predicted octanol–water partition coefficient (Wildman–Crippen LogP) is 0.752. The van der Waals surface area contributed by atoms with Crippen LogP contribution < -0.4 is 0 Å². The van der Waals surface area contributed by atoms with Gasteiger partial charge in [-0.25, -0.2) is 8.42 Å². The minimum absolute atomic E-state index is 0.0914. The Morgan fingerprint density at radius 3 is 1.93 bits per heavy atom. The van der Waals surface area contributed by atoms with Gasteiger partial charge < -0.3 is 9.04 Å². The molecule has 0 bridgehead atoms. The highest BCUT2D eigenvalue weighted by Crippen LogP contribution is 1.93. The maximum absolute atomic E-state index is 9.45. The molecule has 0 aromatic rings. The van der Waals surface area contributed by atoms with Crippen molar-refractivity contribution in [3.8, 4) is 0 Å². The molecular weight excluding hydrogens is 218 g/mol. The Morgan fingerprint density at radius 2 is 1.87 bits per heavy atom. The van der Waals surface area contributed by atoms with E-state index >= 15 is 0 Å². The van der Waals surface area contributed by atoms with Crippen LogP contribution in [0.3, 0.4) is 0 Å². The minimum Gasteiger partial charge on any atom is -0.726 e. The smallest absolute Gasteiger partial charge is 0.217 e. The highest BCUT2D eigenvalue weighted by atomic mass is 32.3. The van der Waals surface area contributed by atoms with Gasteiger partial charge in [-0.1, -0.05) is 6.58 Å². The Bertz CT molecular complexity index is 259. The Hall–Kier alpha value is -0.430. The lowest BCUT2D eigenvalue weighted by atomic mass is 10.4. The normalized spacial score (nSPS) is 11.5. The van der Waals surface area contributed by atoms with Crippen molar-refractivity contribution in [2.24, 2.45) is 0 Å². The maximum Gasteiger partial charge on any atom is 0.217 e. The summed E-state index contributed by atoms with van der Waals surface area (Å²) in [6, 6.07) is 0. The van der Waals surface area contributed by atoms with E-state index in [0.29, 0.717) is 0 Å². The molecule has 0 fully saturated rings. The largest absolute Gasteiger partial charge is 0.726 e. The maximum atomic E-state index is 9.45. The Labute approximate surface area is 92.9 Å². The molecule has 0 heterocycles. The summed E-state index contributed by atoms with van der Waals surface area (Å²) in [6.45, 7) is 9.44. The second-order valence-electron chi connectivity index (χ2n) is 3.54. The molecule has 0 aromatic carbocycles. The molecular formula is C9H21NO4S. The fourth-order valence-electron chi connectivity index (χ4n) is 0.623. The molecule has 0 aromatic heterocycles. The molecule has 0 atom stereocenters. The zero-order chi connectivity index (χ0) is 12.5. The van der Waals surface area contributed by atoms with E-state index in [-0.39, 0.29) is 6.61 Å². The molecule has 0 saturated carbocycles. The van der Waals surface area contributed by atoms with E-state index in [0.717, 1.165) is 11.0 Å². The fraction of sp³-hybridized carbons (Fsp3) is 0.778. The van der Waals surface area contributed by atoms with Gasteiger partial charge in [0.1, 0.15) is 0 Å². The Kier molecular flexibility index (Phi) is 8.84. The van der Waals surface area contributed by atoms with Crippen molar-refractivity contribution >= 4 is 10.4 Å². The SMILES string of the molecule is C=CC[N+](C)(C)CC.CCOS(=O)(=O)[O-]. The van der Waals surface area contributed by atoms with E-state index in [1.165, 1.54) is 13.5 Å². The van der Waals surface area contributed by atoms with Crippen molar-refractivity contribution in [2.45, 2.75) is 13.8 Å². The van der Waals surface area contributed by atoms with E-state index in [2.05, 4.69) is 31.8 Å². The lowest BCUT2D eigenvalue weighted by Crippen LogP contribution is -2.38. The third-order valence-corrected chi connectivity index (χ3v) is 2.27. The first-order valence-corrected chi connectivity index (χ1v) is 6.05. The van der Waals surface area contributed by atoms with Crippen molar-refractivity contribution in [3.63, 3.8) is 0 Å². The van der Waals surface area contributed by atoms with Crippen LogP contribution in [0.1, 0.15) is 13.8 Å². The first kappa shape index (κ1) is 17.0. The monoisotopic (exact) mass is 239 g/mol. The number of nitrogens with zero attached hydrogens (tertiary/aromatic N) is 1. The van der Waals surface area contributed by atoms with E-state index in [4.69, 9.17) is 0 Å². The fourth-order valence-corrected chi connectivity index (χ4v) is 0.912. The number of rotatable bonds is 5. The molecule has 0 unspecified atom stereocenters. The van der Waals surface area contributed by atoms with Gasteiger partial charge in [-0.15, -0.1) is 0 Å². The van der Waals surface area contributed by atoms with Gasteiger partial charge in [0, 0.05) is 0 Å². The minimum atomic E-state index is -4.42. The molecule has 0 aliphatic heterocycles. The van der Waals surface area contributed by atoms with Crippen molar-refractivity contribution in [1.82, 2.24) is 0 Å². The molecule has 0 spiro atoms. The van der Waals surface area contributed by atoms with Gasteiger partial charge in [-0.2, -0.15) is 0 Å². The average molecular weight is 239 g/mol. The molecule has 0 N–H and O–H groups in total. The molecule has 15 heavy (non-hydrogen) atoms. The van der Waals surface area contributed by atoms with E-state index < -0.39 is 10.4 Å². The van der Waals surface area contributed by atoms with Crippen molar-refractivity contribution in [2.75, 3.05) is 33.8 Å². The third-order valence-electron chi connectivity index (χ3n) is 1.74. The van der Waals surface area contributed by atoms with Gasteiger partial charge in [-0.05, 0) is 19.9 Å². The van der Waals surface area contributed by atoms with Crippen LogP contribution in [-0.4, -0.2) is 51.2 Å². The topological polar surface area (TPSA) is 66.4 Å². The summed E-state index contributed by atoms with van der Waals surface area (Å²) in [5.41, 5.74) is 0. The van der Waals surface area contributed by atoms with Gasteiger partial charge in [-0.3, -0.25) is 4.18 Å². The summed E-state index contributed by atoms with van der Waals surface area (Å²) in [7, 11) is -0.0320. The summed E-state index contributed by atoms with van der Waals surface area (Å²) in [5, 5.41) is 0. The summed E-state index contributed by atoms with van der Waals surface area (Å²) in [6.07, 6.45) is 1.96. The molecule has 6 heteroatoms. The molecule has 0 rings (SSSR count). The summed E-state index contributed by atoms with van der Waals surface area (Å²) in [5.74, 6) is 0. The van der Waals surface area contributed by atoms with Gasteiger partial charge in [0.25, 0.3) is 0 Å². The van der Waals surface area contributed by atoms with E-state index in [1.54, 1.807) is 0 Å². The zero-order valence-corrected chi connectivity index (χ0v) is 10.7. The van der Waals surface area contributed by atoms with Crippen LogP contribution in [0.4, 0.5) is 0 Å². The number of hydrogen-bond donors (Lipinski definition) is 0. The van der Waals surface area contributed by atoms with Crippen LogP contribution in [0.25, 0.3) is 0 Å². The number of hydrogen-bond acceptors (Lipinski definition) is 4. The van der Waals surface area contributed by atoms with Gasteiger partial charge in [0.15, 0.2) is 0 Å². The molecule has 0 aliphatic carbocycles. The second-order valence-corrected chi connectivity index (χ2v) is 4.59. The van der Waals surface area contributed by atoms with Crippen LogP contribution in [0.15, 0.2) is 12.7 Å². The molecule has 0 saturated heterocycles. The number of likely N-dealkylation sites (N-methyl/N-ethyl adjacent to an activating group) is 1. The summed E-state index contributed by atoms with van der Waals surface area (Å²) >= 11 is 0. The van der Waals surface area contributed by atoms with Gasteiger partial charge in [0.2, 0.25) is 10.4 Å². The van der Waals surface area contributed by atoms with Gasteiger partial charge >= 0.3 is 0 Å². The van der Waals surface area contributed by atoms with E-state index in [9.17, 15) is 13.0 Å². The van der Waals surface area contributed by atoms with Crippen molar-refractivity contribution in [3.05, 3.63) is 12.7 Å².